The number of ether oxygens (including phenoxy) is 2. The molecule has 0 saturated carbocycles. The van der Waals surface area contributed by atoms with Crippen molar-refractivity contribution in [3.63, 3.8) is 0 Å². The van der Waals surface area contributed by atoms with Crippen LogP contribution in [-0.4, -0.2) is 55.2 Å². The monoisotopic (exact) mass is 467 g/mol. The van der Waals surface area contributed by atoms with Crippen molar-refractivity contribution in [2.24, 2.45) is 5.92 Å². The van der Waals surface area contributed by atoms with Crippen LogP contribution in [0.3, 0.4) is 0 Å². The number of piperidine rings is 1. The lowest BCUT2D eigenvalue weighted by Gasteiger charge is -2.36. The van der Waals surface area contributed by atoms with Gasteiger partial charge < -0.3 is 14.8 Å². The molecule has 2 aliphatic rings. The first-order valence-electron chi connectivity index (χ1n) is 12.1. The van der Waals surface area contributed by atoms with Crippen LogP contribution < -0.4 is 10.1 Å². The minimum absolute atomic E-state index is 0.0109. The van der Waals surface area contributed by atoms with Crippen molar-refractivity contribution in [2.45, 2.75) is 38.0 Å². The summed E-state index contributed by atoms with van der Waals surface area (Å²) < 4.78 is 11.4. The van der Waals surface area contributed by atoms with Gasteiger partial charge in [-0.3, -0.25) is 19.8 Å². The van der Waals surface area contributed by atoms with Gasteiger partial charge in [0.15, 0.2) is 0 Å². The van der Waals surface area contributed by atoms with Crippen molar-refractivity contribution in [2.75, 3.05) is 44.8 Å². The summed E-state index contributed by atoms with van der Waals surface area (Å²) in [6, 6.07) is 13.7. The molecule has 0 radical (unpaired) electrons. The number of anilines is 1. The zero-order valence-electron chi connectivity index (χ0n) is 19.7. The summed E-state index contributed by atoms with van der Waals surface area (Å²) in [6.07, 6.45) is 3.60. The number of likely N-dealkylation sites (tertiary alicyclic amines) is 1. The van der Waals surface area contributed by atoms with Crippen molar-refractivity contribution < 1.29 is 19.2 Å². The van der Waals surface area contributed by atoms with E-state index in [-0.39, 0.29) is 11.6 Å². The highest BCUT2D eigenvalue weighted by atomic mass is 16.6. The Morgan fingerprint density at radius 3 is 2.53 bits per heavy atom. The molecule has 0 aromatic heterocycles. The van der Waals surface area contributed by atoms with E-state index in [1.54, 1.807) is 12.1 Å². The molecule has 0 spiro atoms. The van der Waals surface area contributed by atoms with Gasteiger partial charge in [0, 0.05) is 44.1 Å². The highest BCUT2D eigenvalue weighted by Crippen LogP contribution is 2.37. The summed E-state index contributed by atoms with van der Waals surface area (Å²) in [5, 5.41) is 14.1. The molecule has 2 aromatic rings. The molecule has 2 heterocycles. The summed E-state index contributed by atoms with van der Waals surface area (Å²) in [5.41, 5.74) is 0.686. The highest BCUT2D eigenvalue weighted by Gasteiger charge is 2.42. The third kappa shape index (κ3) is 5.74. The van der Waals surface area contributed by atoms with Crippen molar-refractivity contribution in [3.05, 3.63) is 64.2 Å². The smallest absolute Gasteiger partial charge is 0.269 e. The molecular weight excluding hydrogens is 434 g/mol. The number of benzene rings is 2. The maximum atomic E-state index is 13.4. The number of hydrogen-bond acceptors (Lipinski definition) is 6. The molecule has 4 rings (SSSR count). The van der Waals surface area contributed by atoms with E-state index >= 15 is 0 Å². The quantitative estimate of drug-likeness (QED) is 0.457. The van der Waals surface area contributed by atoms with Crippen LogP contribution in [-0.2, 0) is 14.9 Å². The highest BCUT2D eigenvalue weighted by molar-refractivity contribution is 5.99. The van der Waals surface area contributed by atoms with Gasteiger partial charge in [-0.2, -0.15) is 0 Å². The van der Waals surface area contributed by atoms with E-state index in [0.717, 1.165) is 36.9 Å². The number of nitrogens with one attached hydrogen (secondary N) is 1. The summed E-state index contributed by atoms with van der Waals surface area (Å²) >= 11 is 0. The molecule has 2 aliphatic heterocycles. The molecule has 8 nitrogen and oxygen atoms in total. The molecule has 2 aromatic carbocycles. The van der Waals surface area contributed by atoms with Crippen LogP contribution in [0.15, 0.2) is 48.5 Å². The molecule has 2 fully saturated rings. The first-order valence-corrected chi connectivity index (χ1v) is 12.1. The van der Waals surface area contributed by atoms with Gasteiger partial charge in [-0.15, -0.1) is 0 Å². The summed E-state index contributed by atoms with van der Waals surface area (Å²) in [5.74, 6) is 1.40. The number of carbonyl (C=O) groups is 1. The van der Waals surface area contributed by atoms with Crippen LogP contribution in [0, 0.1) is 16.0 Å². The van der Waals surface area contributed by atoms with Crippen LogP contribution in [0.25, 0.3) is 0 Å². The summed E-state index contributed by atoms with van der Waals surface area (Å²) in [4.78, 5) is 26.5. The fourth-order valence-corrected chi connectivity index (χ4v) is 4.94. The Labute approximate surface area is 200 Å². The Morgan fingerprint density at radius 2 is 1.88 bits per heavy atom. The molecule has 0 unspecified atom stereocenters. The van der Waals surface area contributed by atoms with Crippen LogP contribution in [0.4, 0.5) is 11.4 Å². The van der Waals surface area contributed by atoms with Crippen molar-refractivity contribution in [1.29, 1.82) is 0 Å². The standard InChI is InChI=1S/C26H33N3O5/c1-20-3-2-14-28(19-20)15-18-34-24-10-6-22(7-11-24)27-25(30)26(12-16-33-17-13-26)21-4-8-23(9-5-21)29(31)32/h4-11,20H,2-3,12-19H2,1H3,(H,27,30)/t20-/m1/s1. The van der Waals surface area contributed by atoms with Crippen molar-refractivity contribution in [1.82, 2.24) is 4.90 Å². The first kappa shape index (κ1) is 24.2. The van der Waals surface area contributed by atoms with Gasteiger partial charge in [0.25, 0.3) is 5.69 Å². The first-order chi connectivity index (χ1) is 16.5. The lowest BCUT2D eigenvalue weighted by atomic mass is 9.73. The predicted molar refractivity (Wildman–Crippen MR) is 130 cm³/mol. The number of rotatable bonds is 8. The Kier molecular flexibility index (Phi) is 7.80. The number of amides is 1. The Hall–Kier alpha value is -2.97. The minimum atomic E-state index is -0.784. The van der Waals surface area contributed by atoms with Gasteiger partial charge in [-0.1, -0.05) is 19.1 Å². The average Bonchev–Trinajstić information content (AvgIpc) is 2.85. The number of nitrogens with zero attached hydrogens (tertiary/aromatic N) is 2. The van der Waals surface area contributed by atoms with Crippen LogP contribution in [0.5, 0.6) is 5.75 Å². The number of hydrogen-bond donors (Lipinski definition) is 1. The molecule has 8 heteroatoms. The van der Waals surface area contributed by atoms with Crippen LogP contribution in [0.1, 0.15) is 38.2 Å². The van der Waals surface area contributed by atoms with Gasteiger partial charge in [-0.25, -0.2) is 0 Å². The van der Waals surface area contributed by atoms with E-state index in [0.29, 0.717) is 38.3 Å². The molecule has 1 atom stereocenters. The Morgan fingerprint density at radius 1 is 1.18 bits per heavy atom. The minimum Gasteiger partial charge on any atom is -0.492 e. The molecular formula is C26H33N3O5. The van der Waals surface area contributed by atoms with Crippen molar-refractivity contribution in [3.8, 4) is 5.75 Å². The number of carbonyl (C=O) groups excluding carboxylic acids is 1. The van der Waals surface area contributed by atoms with E-state index in [2.05, 4.69) is 17.1 Å². The van der Waals surface area contributed by atoms with Gasteiger partial charge in [0.1, 0.15) is 12.4 Å². The number of nitro benzene ring substituents is 1. The zero-order valence-corrected chi connectivity index (χ0v) is 19.7. The second kappa shape index (κ2) is 11.0. The van der Waals surface area contributed by atoms with E-state index in [4.69, 9.17) is 9.47 Å². The maximum absolute atomic E-state index is 13.4. The largest absolute Gasteiger partial charge is 0.492 e. The van der Waals surface area contributed by atoms with Crippen LogP contribution in [0.2, 0.25) is 0 Å². The van der Waals surface area contributed by atoms with E-state index in [9.17, 15) is 14.9 Å². The Bertz CT molecular complexity index is 971. The van der Waals surface area contributed by atoms with Crippen molar-refractivity contribution >= 4 is 17.3 Å². The predicted octanol–water partition coefficient (Wildman–Crippen LogP) is 4.39. The van der Waals surface area contributed by atoms with Gasteiger partial charge in [0.2, 0.25) is 5.91 Å². The molecule has 2 saturated heterocycles. The fraction of sp³-hybridized carbons (Fsp3) is 0.500. The average molecular weight is 468 g/mol. The van der Waals surface area contributed by atoms with E-state index in [1.165, 1.54) is 25.0 Å². The fourth-order valence-electron chi connectivity index (χ4n) is 4.94. The molecule has 0 aliphatic carbocycles. The molecule has 1 N–H and O–H groups in total. The van der Waals surface area contributed by atoms with E-state index < -0.39 is 10.3 Å². The molecule has 1 amide bonds. The maximum Gasteiger partial charge on any atom is 0.269 e. The third-order valence-electron chi connectivity index (χ3n) is 6.94. The molecule has 182 valence electrons. The van der Waals surface area contributed by atoms with Gasteiger partial charge >= 0.3 is 0 Å². The summed E-state index contributed by atoms with van der Waals surface area (Å²) in [7, 11) is 0. The van der Waals surface area contributed by atoms with E-state index in [1.807, 2.05) is 24.3 Å². The Balaban J connectivity index is 1.37. The third-order valence-corrected chi connectivity index (χ3v) is 6.94. The second-order valence-electron chi connectivity index (χ2n) is 9.37. The lowest BCUT2D eigenvalue weighted by Crippen LogP contribution is -2.44. The topological polar surface area (TPSA) is 93.9 Å². The zero-order chi connectivity index (χ0) is 24.0. The normalized spacial score (nSPS) is 20.4. The van der Waals surface area contributed by atoms with Gasteiger partial charge in [-0.05, 0) is 68.0 Å². The molecule has 34 heavy (non-hydrogen) atoms. The van der Waals surface area contributed by atoms with Crippen LogP contribution >= 0.6 is 0 Å². The van der Waals surface area contributed by atoms with Gasteiger partial charge in [0.05, 0.1) is 10.3 Å². The lowest BCUT2D eigenvalue weighted by molar-refractivity contribution is -0.384. The molecule has 0 bridgehead atoms. The second-order valence-corrected chi connectivity index (χ2v) is 9.37. The SMILES string of the molecule is C[C@@H]1CCCN(CCOc2ccc(NC(=O)C3(c4ccc([N+](=O)[O-])cc4)CCOCC3)cc2)C1. The summed E-state index contributed by atoms with van der Waals surface area (Å²) in [6.45, 7) is 7.06. The number of nitro groups is 1. The number of non-ortho nitro benzene ring substituents is 1.